The van der Waals surface area contributed by atoms with Crippen molar-refractivity contribution in [1.29, 1.82) is 0 Å². The van der Waals surface area contributed by atoms with Crippen LogP contribution in [-0.4, -0.2) is 27.8 Å². The quantitative estimate of drug-likeness (QED) is 0.732. The highest BCUT2D eigenvalue weighted by atomic mass is 79.9. The SMILES string of the molecule is CS(=O)(=O)NCCCNCc1cc(Br)c(Cl)s1. The molecule has 0 bridgehead atoms. The topological polar surface area (TPSA) is 58.2 Å². The summed E-state index contributed by atoms with van der Waals surface area (Å²) in [4.78, 5) is 1.15. The molecule has 0 aliphatic rings. The number of hydrogen-bond acceptors (Lipinski definition) is 4. The van der Waals surface area contributed by atoms with Crippen molar-refractivity contribution >= 4 is 48.9 Å². The number of rotatable bonds is 7. The highest BCUT2D eigenvalue weighted by Crippen LogP contribution is 2.31. The van der Waals surface area contributed by atoms with E-state index in [1.807, 2.05) is 6.07 Å². The molecule has 0 saturated carbocycles. The molecule has 0 aliphatic carbocycles. The molecular weight excluding hydrogens is 348 g/mol. The summed E-state index contributed by atoms with van der Waals surface area (Å²) in [6.45, 7) is 1.96. The summed E-state index contributed by atoms with van der Waals surface area (Å²) in [6, 6.07) is 1.98. The first-order valence-corrected chi connectivity index (χ1v) is 8.85. The number of thiophene rings is 1. The molecule has 17 heavy (non-hydrogen) atoms. The average Bonchev–Trinajstić information content (AvgIpc) is 2.50. The van der Waals surface area contributed by atoms with Crippen molar-refractivity contribution in [1.82, 2.24) is 10.0 Å². The van der Waals surface area contributed by atoms with Gasteiger partial charge in [-0.2, -0.15) is 0 Å². The molecule has 1 aromatic rings. The zero-order valence-corrected chi connectivity index (χ0v) is 13.3. The van der Waals surface area contributed by atoms with Gasteiger partial charge >= 0.3 is 0 Å². The maximum absolute atomic E-state index is 10.8. The van der Waals surface area contributed by atoms with Gasteiger partial charge in [0.2, 0.25) is 10.0 Å². The first-order chi connectivity index (χ1) is 7.88. The Labute approximate surface area is 119 Å². The summed E-state index contributed by atoms with van der Waals surface area (Å²) in [6.07, 6.45) is 1.92. The molecule has 0 radical (unpaired) electrons. The molecule has 2 N–H and O–H groups in total. The Hall–Kier alpha value is 0.340. The molecular formula is C9H14BrClN2O2S2. The van der Waals surface area contributed by atoms with Crippen LogP contribution in [-0.2, 0) is 16.6 Å². The second-order valence-electron chi connectivity index (χ2n) is 3.53. The smallest absolute Gasteiger partial charge is 0.208 e. The van der Waals surface area contributed by atoms with Crippen LogP contribution in [0.4, 0.5) is 0 Å². The molecule has 1 heterocycles. The molecule has 0 fully saturated rings. The van der Waals surface area contributed by atoms with E-state index in [4.69, 9.17) is 11.6 Å². The fraction of sp³-hybridized carbons (Fsp3) is 0.556. The van der Waals surface area contributed by atoms with Gasteiger partial charge in [0.25, 0.3) is 0 Å². The van der Waals surface area contributed by atoms with Crippen LogP contribution in [0, 0.1) is 0 Å². The van der Waals surface area contributed by atoms with Crippen LogP contribution >= 0.6 is 38.9 Å². The van der Waals surface area contributed by atoms with Gasteiger partial charge < -0.3 is 5.32 Å². The van der Waals surface area contributed by atoms with Crippen LogP contribution in [0.3, 0.4) is 0 Å². The Kier molecular flexibility index (Phi) is 6.39. The molecule has 0 aromatic carbocycles. The lowest BCUT2D eigenvalue weighted by Crippen LogP contribution is -2.26. The van der Waals surface area contributed by atoms with E-state index in [-0.39, 0.29) is 0 Å². The minimum Gasteiger partial charge on any atom is -0.312 e. The van der Waals surface area contributed by atoms with Gasteiger partial charge in [-0.1, -0.05) is 11.6 Å². The Bertz CT molecular complexity index is 442. The lowest BCUT2D eigenvalue weighted by atomic mass is 10.4. The molecule has 0 saturated heterocycles. The van der Waals surface area contributed by atoms with Crippen molar-refractivity contribution in [2.75, 3.05) is 19.3 Å². The zero-order valence-electron chi connectivity index (χ0n) is 9.29. The van der Waals surface area contributed by atoms with Crippen molar-refractivity contribution in [2.24, 2.45) is 0 Å². The summed E-state index contributed by atoms with van der Waals surface area (Å²) in [7, 11) is -3.07. The van der Waals surface area contributed by atoms with Gasteiger partial charge in [0.15, 0.2) is 0 Å². The van der Waals surface area contributed by atoms with E-state index in [0.717, 1.165) is 39.5 Å². The highest BCUT2D eigenvalue weighted by Gasteiger charge is 2.03. The van der Waals surface area contributed by atoms with Gasteiger partial charge in [0.05, 0.1) is 6.26 Å². The van der Waals surface area contributed by atoms with E-state index in [0.29, 0.717) is 6.54 Å². The largest absolute Gasteiger partial charge is 0.312 e. The molecule has 4 nitrogen and oxygen atoms in total. The van der Waals surface area contributed by atoms with Crippen LogP contribution in [0.5, 0.6) is 0 Å². The molecule has 8 heteroatoms. The summed E-state index contributed by atoms with van der Waals surface area (Å²) in [5.74, 6) is 0. The van der Waals surface area contributed by atoms with Crippen molar-refractivity contribution in [3.63, 3.8) is 0 Å². The minimum absolute atomic E-state index is 0.459. The van der Waals surface area contributed by atoms with Gasteiger partial charge in [-0.05, 0) is 35.0 Å². The Balaban J connectivity index is 2.12. The van der Waals surface area contributed by atoms with E-state index in [9.17, 15) is 8.42 Å². The number of hydrogen-bond donors (Lipinski definition) is 2. The van der Waals surface area contributed by atoms with Gasteiger partial charge in [0, 0.05) is 22.4 Å². The van der Waals surface area contributed by atoms with Crippen LogP contribution in [0.15, 0.2) is 10.5 Å². The third kappa shape index (κ3) is 6.73. The average molecular weight is 362 g/mol. The second kappa shape index (κ2) is 7.06. The fourth-order valence-corrected chi connectivity index (χ4v) is 3.44. The van der Waals surface area contributed by atoms with Crippen LogP contribution in [0.25, 0.3) is 0 Å². The summed E-state index contributed by atoms with van der Waals surface area (Å²) in [5, 5.41) is 3.22. The van der Waals surface area contributed by atoms with E-state index < -0.39 is 10.0 Å². The molecule has 1 aromatic heterocycles. The number of halogens is 2. The highest BCUT2D eigenvalue weighted by molar-refractivity contribution is 9.10. The Morgan fingerprint density at radius 2 is 2.18 bits per heavy atom. The molecule has 0 unspecified atom stereocenters. The molecule has 0 spiro atoms. The molecule has 1 rings (SSSR count). The predicted octanol–water partition coefficient (Wildman–Crippen LogP) is 2.19. The summed E-state index contributed by atoms with van der Waals surface area (Å²) < 4.78 is 25.7. The van der Waals surface area contributed by atoms with E-state index in [1.54, 1.807) is 0 Å². The zero-order chi connectivity index (χ0) is 12.9. The van der Waals surface area contributed by atoms with Crippen molar-refractivity contribution in [3.8, 4) is 0 Å². The normalized spacial score (nSPS) is 11.9. The van der Waals surface area contributed by atoms with Crippen molar-refractivity contribution in [2.45, 2.75) is 13.0 Å². The summed E-state index contributed by atoms with van der Waals surface area (Å²) in [5.41, 5.74) is 0. The maximum Gasteiger partial charge on any atom is 0.208 e. The first-order valence-electron chi connectivity index (χ1n) is 4.97. The van der Waals surface area contributed by atoms with E-state index in [1.165, 1.54) is 11.3 Å². The second-order valence-corrected chi connectivity index (χ2v) is 7.96. The third-order valence-electron chi connectivity index (χ3n) is 1.89. The van der Waals surface area contributed by atoms with Crippen LogP contribution < -0.4 is 10.0 Å². The van der Waals surface area contributed by atoms with Crippen LogP contribution in [0.1, 0.15) is 11.3 Å². The first kappa shape index (κ1) is 15.4. The molecule has 0 atom stereocenters. The van der Waals surface area contributed by atoms with Gasteiger partial charge in [0.1, 0.15) is 4.34 Å². The van der Waals surface area contributed by atoms with Gasteiger partial charge in [-0.3, -0.25) is 0 Å². The Morgan fingerprint density at radius 3 is 2.71 bits per heavy atom. The maximum atomic E-state index is 10.8. The van der Waals surface area contributed by atoms with Crippen molar-refractivity contribution < 1.29 is 8.42 Å². The monoisotopic (exact) mass is 360 g/mol. The third-order valence-corrected chi connectivity index (χ3v) is 5.09. The van der Waals surface area contributed by atoms with E-state index in [2.05, 4.69) is 26.0 Å². The van der Waals surface area contributed by atoms with Crippen LogP contribution in [0.2, 0.25) is 4.34 Å². The van der Waals surface area contributed by atoms with E-state index >= 15 is 0 Å². The number of sulfonamides is 1. The van der Waals surface area contributed by atoms with Crippen molar-refractivity contribution in [3.05, 3.63) is 19.8 Å². The Morgan fingerprint density at radius 1 is 1.47 bits per heavy atom. The lowest BCUT2D eigenvalue weighted by molar-refractivity contribution is 0.579. The minimum atomic E-state index is -3.07. The van der Waals surface area contributed by atoms with Gasteiger partial charge in [-0.25, -0.2) is 13.1 Å². The lowest BCUT2D eigenvalue weighted by Gasteiger charge is -2.03. The molecule has 98 valence electrons. The fourth-order valence-electron chi connectivity index (χ4n) is 1.16. The molecule has 0 amide bonds. The van der Waals surface area contributed by atoms with Gasteiger partial charge in [-0.15, -0.1) is 11.3 Å². The standard InChI is InChI=1S/C9H14BrClN2O2S2/c1-17(14,15)13-4-2-3-12-6-7-5-8(10)9(11)16-7/h5,12-13H,2-4,6H2,1H3. The summed E-state index contributed by atoms with van der Waals surface area (Å²) >= 11 is 10.8. The predicted molar refractivity (Wildman–Crippen MR) is 76.2 cm³/mol. The number of nitrogens with one attached hydrogen (secondary N) is 2. The molecule has 0 aliphatic heterocycles.